The van der Waals surface area contributed by atoms with Crippen LogP contribution in [-0.2, 0) is 4.79 Å². The summed E-state index contributed by atoms with van der Waals surface area (Å²) in [5, 5.41) is 12.9. The Morgan fingerprint density at radius 3 is 2.72 bits per heavy atom. The van der Waals surface area contributed by atoms with Crippen molar-refractivity contribution in [2.24, 2.45) is 11.0 Å². The van der Waals surface area contributed by atoms with Gasteiger partial charge in [-0.15, -0.1) is 0 Å². The molecule has 0 aromatic carbocycles. The van der Waals surface area contributed by atoms with Crippen LogP contribution in [-0.4, -0.2) is 41.1 Å². The minimum Gasteiger partial charge on any atom is -0.480 e. The summed E-state index contributed by atoms with van der Waals surface area (Å²) in [6.45, 7) is 1.44. The smallest absolute Gasteiger partial charge is 0.320 e. The van der Waals surface area contributed by atoms with Crippen molar-refractivity contribution in [3.05, 3.63) is 10.4 Å². The SMILES string of the molecule is [N-]=[N+]=N[C@H]1C[C@@H](C(=O)O)N(CC2CCCCC2)C1. The molecule has 100 valence electrons. The standard InChI is InChI=1S/C12H20N4O2/c13-15-14-10-6-11(12(17)18)16(8-10)7-9-4-2-1-3-5-9/h9-11H,1-8H2,(H,17,18)/t10-,11-/m0/s1. The van der Waals surface area contributed by atoms with Crippen molar-refractivity contribution in [3.63, 3.8) is 0 Å². The molecule has 0 aromatic heterocycles. The van der Waals surface area contributed by atoms with E-state index < -0.39 is 12.0 Å². The Balaban J connectivity index is 1.95. The summed E-state index contributed by atoms with van der Waals surface area (Å²) in [5.74, 6) is -0.174. The second-order valence-corrected chi connectivity index (χ2v) is 5.41. The number of carboxylic acids is 1. The lowest BCUT2D eigenvalue weighted by Gasteiger charge is -2.29. The topological polar surface area (TPSA) is 89.3 Å². The molecule has 0 aromatic rings. The van der Waals surface area contributed by atoms with Crippen LogP contribution in [0.15, 0.2) is 5.11 Å². The van der Waals surface area contributed by atoms with E-state index in [0.29, 0.717) is 18.9 Å². The Hall–Kier alpha value is -1.26. The lowest BCUT2D eigenvalue weighted by Crippen LogP contribution is -2.39. The molecule has 0 spiro atoms. The lowest BCUT2D eigenvalue weighted by atomic mass is 9.89. The molecule has 1 N–H and O–H groups in total. The molecule has 1 aliphatic heterocycles. The highest BCUT2D eigenvalue weighted by Gasteiger charge is 2.37. The molecule has 2 fully saturated rings. The van der Waals surface area contributed by atoms with Crippen molar-refractivity contribution >= 4 is 5.97 Å². The fraction of sp³-hybridized carbons (Fsp3) is 0.917. The maximum atomic E-state index is 11.2. The summed E-state index contributed by atoms with van der Waals surface area (Å²) < 4.78 is 0. The van der Waals surface area contributed by atoms with E-state index in [1.54, 1.807) is 0 Å². The highest BCUT2D eigenvalue weighted by molar-refractivity contribution is 5.74. The molecule has 6 heteroatoms. The van der Waals surface area contributed by atoms with E-state index in [-0.39, 0.29) is 6.04 Å². The van der Waals surface area contributed by atoms with Crippen LogP contribution in [0.25, 0.3) is 10.4 Å². The van der Waals surface area contributed by atoms with Gasteiger partial charge in [0.1, 0.15) is 6.04 Å². The molecule has 1 saturated carbocycles. The van der Waals surface area contributed by atoms with Crippen LogP contribution in [0.2, 0.25) is 0 Å². The van der Waals surface area contributed by atoms with Crippen molar-refractivity contribution in [1.82, 2.24) is 4.90 Å². The van der Waals surface area contributed by atoms with Gasteiger partial charge in [-0.05, 0) is 30.7 Å². The van der Waals surface area contributed by atoms with Crippen LogP contribution in [0.3, 0.4) is 0 Å². The summed E-state index contributed by atoms with van der Waals surface area (Å²) in [5.41, 5.74) is 8.45. The number of hydrogen-bond donors (Lipinski definition) is 1. The van der Waals surface area contributed by atoms with E-state index in [9.17, 15) is 9.90 Å². The van der Waals surface area contributed by atoms with E-state index in [1.807, 2.05) is 4.90 Å². The number of carbonyl (C=O) groups is 1. The fourth-order valence-electron chi connectivity index (χ4n) is 3.20. The van der Waals surface area contributed by atoms with Crippen molar-refractivity contribution in [1.29, 1.82) is 0 Å². The molecule has 0 amide bonds. The molecule has 1 saturated heterocycles. The average molecular weight is 252 g/mol. The number of likely N-dealkylation sites (tertiary alicyclic amines) is 1. The molecule has 1 heterocycles. The van der Waals surface area contributed by atoms with Crippen LogP contribution in [0, 0.1) is 5.92 Å². The fourth-order valence-corrected chi connectivity index (χ4v) is 3.20. The first kappa shape index (κ1) is 13.2. The Morgan fingerprint density at radius 2 is 2.11 bits per heavy atom. The van der Waals surface area contributed by atoms with Crippen molar-refractivity contribution in [3.8, 4) is 0 Å². The minimum absolute atomic E-state index is 0.181. The summed E-state index contributed by atoms with van der Waals surface area (Å²) in [4.78, 5) is 16.0. The Morgan fingerprint density at radius 1 is 1.39 bits per heavy atom. The predicted octanol–water partition coefficient (Wildman–Crippen LogP) is 2.40. The van der Waals surface area contributed by atoms with Crippen LogP contribution in [0.1, 0.15) is 38.5 Å². The van der Waals surface area contributed by atoms with Crippen LogP contribution >= 0.6 is 0 Å². The summed E-state index contributed by atoms with van der Waals surface area (Å²) in [7, 11) is 0. The van der Waals surface area contributed by atoms with Crippen LogP contribution in [0.5, 0.6) is 0 Å². The zero-order chi connectivity index (χ0) is 13.0. The van der Waals surface area contributed by atoms with Crippen molar-refractivity contribution < 1.29 is 9.90 Å². The zero-order valence-electron chi connectivity index (χ0n) is 10.5. The molecule has 0 bridgehead atoms. The highest BCUT2D eigenvalue weighted by atomic mass is 16.4. The van der Waals surface area contributed by atoms with Gasteiger partial charge in [-0.25, -0.2) is 0 Å². The van der Waals surface area contributed by atoms with E-state index in [4.69, 9.17) is 5.53 Å². The van der Waals surface area contributed by atoms with Gasteiger partial charge in [0.2, 0.25) is 0 Å². The van der Waals surface area contributed by atoms with Gasteiger partial charge in [-0.1, -0.05) is 24.4 Å². The minimum atomic E-state index is -0.790. The van der Waals surface area contributed by atoms with E-state index in [0.717, 1.165) is 6.54 Å². The molecule has 6 nitrogen and oxygen atoms in total. The van der Waals surface area contributed by atoms with Gasteiger partial charge >= 0.3 is 5.97 Å². The molecule has 2 rings (SSSR count). The third-order valence-electron chi connectivity index (χ3n) is 4.10. The van der Waals surface area contributed by atoms with E-state index >= 15 is 0 Å². The second-order valence-electron chi connectivity index (χ2n) is 5.41. The van der Waals surface area contributed by atoms with E-state index in [1.165, 1.54) is 32.1 Å². The molecular formula is C12H20N4O2. The molecular weight excluding hydrogens is 232 g/mol. The van der Waals surface area contributed by atoms with Gasteiger partial charge in [-0.2, -0.15) is 0 Å². The summed E-state index contributed by atoms with van der Waals surface area (Å²) in [6.07, 6.45) is 6.68. The number of aliphatic carboxylic acids is 1. The van der Waals surface area contributed by atoms with Crippen molar-refractivity contribution in [2.45, 2.75) is 50.6 Å². The third kappa shape index (κ3) is 3.15. The molecule has 2 aliphatic rings. The monoisotopic (exact) mass is 252 g/mol. The Labute approximate surface area is 107 Å². The number of carboxylic acid groups (broad SMARTS) is 1. The maximum absolute atomic E-state index is 11.2. The Kier molecular flexibility index (Phi) is 4.44. The van der Waals surface area contributed by atoms with Crippen LogP contribution in [0.4, 0.5) is 0 Å². The number of azide groups is 1. The quantitative estimate of drug-likeness (QED) is 0.473. The highest BCUT2D eigenvalue weighted by Crippen LogP contribution is 2.28. The second kappa shape index (κ2) is 6.07. The largest absolute Gasteiger partial charge is 0.480 e. The van der Waals surface area contributed by atoms with Gasteiger partial charge in [-0.3, -0.25) is 9.69 Å². The summed E-state index contributed by atoms with van der Waals surface area (Å²) >= 11 is 0. The Bertz CT molecular complexity index is 348. The first-order valence-electron chi connectivity index (χ1n) is 6.71. The number of rotatable bonds is 4. The van der Waals surface area contributed by atoms with Crippen molar-refractivity contribution in [2.75, 3.05) is 13.1 Å². The molecule has 0 radical (unpaired) electrons. The molecule has 1 aliphatic carbocycles. The lowest BCUT2D eigenvalue weighted by molar-refractivity contribution is -0.142. The zero-order valence-corrected chi connectivity index (χ0v) is 10.5. The first-order valence-corrected chi connectivity index (χ1v) is 6.71. The normalized spacial score (nSPS) is 30.0. The summed E-state index contributed by atoms with van der Waals surface area (Å²) in [6, 6.07) is -0.651. The van der Waals surface area contributed by atoms with Gasteiger partial charge in [0.05, 0.1) is 6.04 Å². The number of hydrogen-bond acceptors (Lipinski definition) is 3. The van der Waals surface area contributed by atoms with Gasteiger partial charge < -0.3 is 5.11 Å². The van der Waals surface area contributed by atoms with Gasteiger partial charge in [0.15, 0.2) is 0 Å². The number of nitrogens with zero attached hydrogens (tertiary/aromatic N) is 4. The van der Waals surface area contributed by atoms with Crippen LogP contribution < -0.4 is 0 Å². The first-order chi connectivity index (χ1) is 8.70. The van der Waals surface area contributed by atoms with Gasteiger partial charge in [0, 0.05) is 18.0 Å². The molecule has 0 unspecified atom stereocenters. The maximum Gasteiger partial charge on any atom is 0.320 e. The van der Waals surface area contributed by atoms with E-state index in [2.05, 4.69) is 10.0 Å². The molecule has 18 heavy (non-hydrogen) atoms. The third-order valence-corrected chi connectivity index (χ3v) is 4.10. The van der Waals surface area contributed by atoms with Gasteiger partial charge in [0.25, 0.3) is 0 Å². The average Bonchev–Trinajstić information content (AvgIpc) is 2.74. The predicted molar refractivity (Wildman–Crippen MR) is 67.1 cm³/mol. The molecule has 2 atom stereocenters.